The van der Waals surface area contributed by atoms with Gasteiger partial charge in [0, 0.05) is 34.2 Å². The Morgan fingerprint density at radius 3 is 2.47 bits per heavy atom. The molecule has 0 fully saturated rings. The molecule has 0 saturated carbocycles. The van der Waals surface area contributed by atoms with Crippen LogP contribution in [0.15, 0.2) is 48.2 Å². The van der Waals surface area contributed by atoms with Crippen molar-refractivity contribution in [1.82, 2.24) is 4.98 Å². The highest BCUT2D eigenvalue weighted by Crippen LogP contribution is 2.39. The van der Waals surface area contributed by atoms with Gasteiger partial charge in [0.05, 0.1) is 12.7 Å². The number of esters is 1. The molecule has 1 unspecified atom stereocenters. The second-order valence-corrected chi connectivity index (χ2v) is 9.48. The number of fused-ring (bicyclic) bond motifs is 1. The Hall–Kier alpha value is -3.54. The van der Waals surface area contributed by atoms with Crippen LogP contribution in [0.2, 0.25) is 0 Å². The van der Waals surface area contributed by atoms with Crippen molar-refractivity contribution in [1.29, 1.82) is 0 Å². The maximum absolute atomic E-state index is 12.4. The van der Waals surface area contributed by atoms with Crippen molar-refractivity contribution in [3.8, 4) is 5.75 Å². The normalized spacial score (nSPS) is 13.1. The van der Waals surface area contributed by atoms with Crippen molar-refractivity contribution in [2.75, 3.05) is 7.11 Å². The van der Waals surface area contributed by atoms with Crippen LogP contribution in [-0.4, -0.2) is 34.7 Å². The predicted octanol–water partition coefficient (Wildman–Crippen LogP) is 6.55. The third-order valence-corrected chi connectivity index (χ3v) is 5.65. The number of aromatic amines is 1. The third kappa shape index (κ3) is 5.68. The van der Waals surface area contributed by atoms with E-state index in [1.54, 1.807) is 26.2 Å². The standard InChI is InChI=1S/C28H33NO5/c1-7-8-20(21-11-10-19(26(30)31)15-25(21)33-6)23-16-29-24-12-9-18(14-22(23)24)13-17(2)27(32)34-28(3,4)5/h9-16,20,29H,7-8H2,1-6H3,(H,30,31)/b17-13+. The van der Waals surface area contributed by atoms with Gasteiger partial charge in [0.25, 0.3) is 0 Å². The van der Waals surface area contributed by atoms with Crippen LogP contribution in [0.3, 0.4) is 0 Å². The number of carbonyl (C=O) groups excluding carboxylic acids is 1. The summed E-state index contributed by atoms with van der Waals surface area (Å²) in [6, 6.07) is 11.1. The lowest BCUT2D eigenvalue weighted by Gasteiger charge is -2.20. The Balaban J connectivity index is 2.05. The lowest BCUT2D eigenvalue weighted by atomic mass is 9.86. The summed E-state index contributed by atoms with van der Waals surface area (Å²) in [5.41, 5.74) is 4.11. The first-order valence-electron chi connectivity index (χ1n) is 11.5. The molecule has 3 aromatic rings. The van der Waals surface area contributed by atoms with Gasteiger partial charge in [-0.25, -0.2) is 9.59 Å². The summed E-state index contributed by atoms with van der Waals surface area (Å²) in [5.74, 6) is -0.748. The zero-order chi connectivity index (χ0) is 25.0. The van der Waals surface area contributed by atoms with Gasteiger partial charge in [-0.05, 0) is 75.6 Å². The highest BCUT2D eigenvalue weighted by Gasteiger charge is 2.22. The zero-order valence-corrected chi connectivity index (χ0v) is 20.7. The van der Waals surface area contributed by atoms with E-state index < -0.39 is 11.6 Å². The average Bonchev–Trinajstić information content (AvgIpc) is 3.18. The Morgan fingerprint density at radius 2 is 1.85 bits per heavy atom. The number of carboxylic acids is 1. The van der Waals surface area contributed by atoms with Crippen LogP contribution in [0.5, 0.6) is 5.75 Å². The molecule has 34 heavy (non-hydrogen) atoms. The number of carbonyl (C=O) groups is 2. The van der Waals surface area contributed by atoms with Crippen LogP contribution < -0.4 is 4.74 Å². The van der Waals surface area contributed by atoms with E-state index in [0.29, 0.717) is 11.3 Å². The average molecular weight is 464 g/mol. The van der Waals surface area contributed by atoms with E-state index in [9.17, 15) is 14.7 Å². The minimum atomic E-state index is -0.985. The summed E-state index contributed by atoms with van der Waals surface area (Å²) in [7, 11) is 1.56. The fraction of sp³-hybridized carbons (Fsp3) is 0.357. The number of rotatable bonds is 8. The molecule has 6 heteroatoms. The summed E-state index contributed by atoms with van der Waals surface area (Å²) in [5, 5.41) is 10.4. The first-order chi connectivity index (χ1) is 16.0. The maximum Gasteiger partial charge on any atom is 0.335 e. The number of aromatic carboxylic acids is 1. The number of benzene rings is 2. The Labute approximate surface area is 200 Å². The van der Waals surface area contributed by atoms with Gasteiger partial charge in [-0.1, -0.05) is 25.5 Å². The van der Waals surface area contributed by atoms with E-state index >= 15 is 0 Å². The molecule has 0 spiro atoms. The van der Waals surface area contributed by atoms with Crippen LogP contribution in [0.4, 0.5) is 0 Å². The number of hydrogen-bond acceptors (Lipinski definition) is 4. The van der Waals surface area contributed by atoms with Crippen LogP contribution in [0.1, 0.15) is 80.4 Å². The Kier molecular flexibility index (Phi) is 7.50. The Morgan fingerprint density at radius 1 is 1.12 bits per heavy atom. The van der Waals surface area contributed by atoms with Crippen LogP contribution >= 0.6 is 0 Å². The number of ether oxygens (including phenoxy) is 2. The van der Waals surface area contributed by atoms with E-state index in [0.717, 1.165) is 40.4 Å². The van der Waals surface area contributed by atoms with Crippen LogP contribution in [0, 0.1) is 0 Å². The smallest absolute Gasteiger partial charge is 0.335 e. The first kappa shape index (κ1) is 25.1. The molecule has 180 valence electrons. The molecule has 0 amide bonds. The minimum absolute atomic E-state index is 0.0164. The van der Waals surface area contributed by atoms with Crippen LogP contribution in [0.25, 0.3) is 17.0 Å². The van der Waals surface area contributed by atoms with Gasteiger partial charge < -0.3 is 19.6 Å². The van der Waals surface area contributed by atoms with Gasteiger partial charge in [0.1, 0.15) is 11.4 Å². The second kappa shape index (κ2) is 10.2. The molecular weight excluding hydrogens is 430 g/mol. The molecule has 1 atom stereocenters. The lowest BCUT2D eigenvalue weighted by Crippen LogP contribution is -2.24. The molecule has 0 aliphatic carbocycles. The molecule has 6 nitrogen and oxygen atoms in total. The van der Waals surface area contributed by atoms with Crippen LogP contribution in [-0.2, 0) is 9.53 Å². The van der Waals surface area contributed by atoms with Gasteiger partial charge in [0.15, 0.2) is 0 Å². The Bertz CT molecular complexity index is 1230. The van der Waals surface area contributed by atoms with Gasteiger partial charge in [-0.15, -0.1) is 0 Å². The van der Waals surface area contributed by atoms with E-state index in [1.807, 2.05) is 51.2 Å². The van der Waals surface area contributed by atoms with Crippen molar-refractivity contribution < 1.29 is 24.2 Å². The summed E-state index contributed by atoms with van der Waals surface area (Å²) < 4.78 is 11.1. The highest BCUT2D eigenvalue weighted by atomic mass is 16.6. The first-order valence-corrected chi connectivity index (χ1v) is 11.5. The van der Waals surface area contributed by atoms with Crippen molar-refractivity contribution in [3.63, 3.8) is 0 Å². The number of H-pyrrole nitrogens is 1. The molecule has 1 heterocycles. The largest absolute Gasteiger partial charge is 0.496 e. The molecule has 3 rings (SSSR count). The monoisotopic (exact) mass is 463 g/mol. The van der Waals surface area contributed by atoms with Crippen molar-refractivity contribution >= 4 is 28.9 Å². The van der Waals surface area contributed by atoms with Gasteiger partial charge >= 0.3 is 11.9 Å². The number of nitrogens with one attached hydrogen (secondary N) is 1. The molecule has 0 aliphatic heterocycles. The molecular formula is C28H33NO5. The number of carboxylic acid groups (broad SMARTS) is 1. The van der Waals surface area contributed by atoms with Gasteiger partial charge in [-0.3, -0.25) is 0 Å². The molecule has 2 aromatic carbocycles. The third-order valence-electron chi connectivity index (χ3n) is 5.65. The summed E-state index contributed by atoms with van der Waals surface area (Å²) in [6.07, 6.45) is 5.65. The SMILES string of the molecule is CCCC(c1ccc(C(=O)O)cc1OC)c1c[nH]c2ccc(/C=C(\C)C(=O)OC(C)(C)C)cc12. The molecule has 0 saturated heterocycles. The molecule has 0 aliphatic rings. The van der Waals surface area contributed by atoms with E-state index in [4.69, 9.17) is 9.47 Å². The van der Waals surface area contributed by atoms with E-state index in [1.165, 1.54) is 0 Å². The number of hydrogen-bond donors (Lipinski definition) is 2. The van der Waals surface area contributed by atoms with E-state index in [2.05, 4.69) is 18.0 Å². The van der Waals surface area contributed by atoms with Crippen molar-refractivity contribution in [3.05, 3.63) is 70.4 Å². The number of aromatic nitrogens is 1. The van der Waals surface area contributed by atoms with Gasteiger partial charge in [-0.2, -0.15) is 0 Å². The summed E-state index contributed by atoms with van der Waals surface area (Å²) in [4.78, 5) is 27.2. The predicted molar refractivity (Wildman–Crippen MR) is 134 cm³/mol. The maximum atomic E-state index is 12.4. The lowest BCUT2D eigenvalue weighted by molar-refractivity contribution is -0.149. The van der Waals surface area contributed by atoms with Crippen molar-refractivity contribution in [2.24, 2.45) is 0 Å². The zero-order valence-electron chi connectivity index (χ0n) is 20.7. The van der Waals surface area contributed by atoms with Crippen molar-refractivity contribution in [2.45, 2.75) is 59.0 Å². The molecule has 2 N–H and O–H groups in total. The minimum Gasteiger partial charge on any atom is -0.496 e. The molecule has 0 bridgehead atoms. The highest BCUT2D eigenvalue weighted by molar-refractivity contribution is 5.94. The second-order valence-electron chi connectivity index (χ2n) is 9.48. The fourth-order valence-electron chi connectivity index (χ4n) is 4.10. The molecule has 0 radical (unpaired) electrons. The topological polar surface area (TPSA) is 88.6 Å². The van der Waals surface area contributed by atoms with E-state index in [-0.39, 0.29) is 17.5 Å². The van der Waals surface area contributed by atoms with Gasteiger partial charge in [0.2, 0.25) is 0 Å². The summed E-state index contributed by atoms with van der Waals surface area (Å²) in [6.45, 7) is 9.42. The number of methoxy groups -OCH3 is 1. The fourth-order valence-corrected chi connectivity index (χ4v) is 4.10. The summed E-state index contributed by atoms with van der Waals surface area (Å²) >= 11 is 0. The molecule has 1 aromatic heterocycles. The quantitative estimate of drug-likeness (QED) is 0.292.